The molecule has 0 unspecified atom stereocenters. The molecule has 2 rings (SSSR count). The fourth-order valence-corrected chi connectivity index (χ4v) is 2.59. The molecule has 0 spiro atoms. The van der Waals surface area contributed by atoms with E-state index in [4.69, 9.17) is 5.73 Å². The zero-order valence-electron chi connectivity index (χ0n) is 11.1. The van der Waals surface area contributed by atoms with Gasteiger partial charge < -0.3 is 15.5 Å². The van der Waals surface area contributed by atoms with Gasteiger partial charge in [-0.05, 0) is 58.7 Å². The van der Waals surface area contributed by atoms with Crippen LogP contribution in [0.15, 0.2) is 0 Å². The third kappa shape index (κ3) is 3.42. The van der Waals surface area contributed by atoms with Gasteiger partial charge in [0.1, 0.15) is 0 Å². The van der Waals surface area contributed by atoms with E-state index in [0.717, 1.165) is 19.6 Å². The maximum atomic E-state index is 12.1. The lowest BCUT2D eigenvalue weighted by atomic mass is 9.96. The summed E-state index contributed by atoms with van der Waals surface area (Å²) in [5.41, 5.74) is 5.73. The van der Waals surface area contributed by atoms with Crippen LogP contribution in [0.3, 0.4) is 0 Å². The zero-order valence-corrected chi connectivity index (χ0v) is 11.1. The Balaban J connectivity index is 1.87. The van der Waals surface area contributed by atoms with Gasteiger partial charge in [0, 0.05) is 12.6 Å². The second-order valence-electron chi connectivity index (χ2n) is 5.76. The van der Waals surface area contributed by atoms with Crippen molar-refractivity contribution in [1.82, 2.24) is 9.80 Å². The highest BCUT2D eigenvalue weighted by molar-refractivity contribution is 5.81. The number of hydrogen-bond acceptors (Lipinski definition) is 3. The van der Waals surface area contributed by atoms with Gasteiger partial charge in [-0.15, -0.1) is 0 Å². The molecule has 1 heterocycles. The molecular weight excluding hydrogens is 214 g/mol. The number of likely N-dealkylation sites (tertiary alicyclic amines) is 1. The second-order valence-corrected chi connectivity index (χ2v) is 5.76. The van der Waals surface area contributed by atoms with Gasteiger partial charge in [0.25, 0.3) is 0 Å². The van der Waals surface area contributed by atoms with E-state index in [9.17, 15) is 4.79 Å². The second kappa shape index (κ2) is 5.36. The van der Waals surface area contributed by atoms with Crippen LogP contribution < -0.4 is 5.73 Å². The molecule has 4 heteroatoms. The molecule has 1 aliphatic carbocycles. The van der Waals surface area contributed by atoms with Crippen LogP contribution >= 0.6 is 0 Å². The molecule has 1 aliphatic heterocycles. The molecule has 2 N–H and O–H groups in total. The minimum Gasteiger partial charge on any atom is -0.338 e. The van der Waals surface area contributed by atoms with Crippen molar-refractivity contribution >= 4 is 5.91 Å². The molecule has 1 atom stereocenters. The first-order chi connectivity index (χ1) is 8.08. The minimum absolute atomic E-state index is 0.145. The summed E-state index contributed by atoms with van der Waals surface area (Å²) < 4.78 is 0. The van der Waals surface area contributed by atoms with Crippen LogP contribution in [-0.2, 0) is 4.79 Å². The Morgan fingerprint density at radius 2 is 1.94 bits per heavy atom. The maximum Gasteiger partial charge on any atom is 0.239 e. The predicted octanol–water partition coefficient (Wildman–Crippen LogP) is 0.666. The van der Waals surface area contributed by atoms with E-state index in [2.05, 4.69) is 16.8 Å². The van der Waals surface area contributed by atoms with Crippen molar-refractivity contribution in [2.24, 2.45) is 11.7 Å². The van der Waals surface area contributed by atoms with Crippen LogP contribution in [0.5, 0.6) is 0 Å². The minimum atomic E-state index is -0.345. The summed E-state index contributed by atoms with van der Waals surface area (Å²) in [4.78, 5) is 16.5. The van der Waals surface area contributed by atoms with Crippen LogP contribution in [0, 0.1) is 5.92 Å². The Labute approximate surface area is 104 Å². The number of rotatable bonds is 4. The predicted molar refractivity (Wildman–Crippen MR) is 68.6 cm³/mol. The first-order valence-electron chi connectivity index (χ1n) is 6.82. The molecule has 0 aromatic heterocycles. The van der Waals surface area contributed by atoms with Crippen molar-refractivity contribution in [3.63, 3.8) is 0 Å². The van der Waals surface area contributed by atoms with Crippen molar-refractivity contribution < 1.29 is 4.79 Å². The lowest BCUT2D eigenvalue weighted by Crippen LogP contribution is -2.46. The summed E-state index contributed by atoms with van der Waals surface area (Å²) in [6, 6.07) is 0.148. The SMILES string of the molecule is C[C@H](N)C(=O)N(CC1CCN(C)CC1)C1CC1. The third-order valence-electron chi connectivity index (χ3n) is 3.95. The van der Waals surface area contributed by atoms with E-state index in [1.807, 2.05) is 0 Å². The van der Waals surface area contributed by atoms with Gasteiger partial charge in [-0.1, -0.05) is 0 Å². The van der Waals surface area contributed by atoms with Gasteiger partial charge in [-0.2, -0.15) is 0 Å². The number of piperidine rings is 1. The van der Waals surface area contributed by atoms with Gasteiger partial charge in [0.2, 0.25) is 5.91 Å². The van der Waals surface area contributed by atoms with E-state index in [-0.39, 0.29) is 11.9 Å². The van der Waals surface area contributed by atoms with Crippen LogP contribution in [0.2, 0.25) is 0 Å². The van der Waals surface area contributed by atoms with Crippen molar-refractivity contribution in [1.29, 1.82) is 0 Å². The van der Waals surface area contributed by atoms with Gasteiger partial charge in [-0.25, -0.2) is 0 Å². The van der Waals surface area contributed by atoms with Gasteiger partial charge in [0.15, 0.2) is 0 Å². The van der Waals surface area contributed by atoms with Crippen LogP contribution in [0.4, 0.5) is 0 Å². The monoisotopic (exact) mass is 239 g/mol. The highest BCUT2D eigenvalue weighted by atomic mass is 16.2. The van der Waals surface area contributed by atoms with E-state index in [1.54, 1.807) is 6.92 Å². The van der Waals surface area contributed by atoms with E-state index in [0.29, 0.717) is 12.0 Å². The Kier molecular flexibility index (Phi) is 4.05. The highest BCUT2D eigenvalue weighted by Gasteiger charge is 2.35. The summed E-state index contributed by atoms with van der Waals surface area (Å²) in [6.07, 6.45) is 4.77. The summed E-state index contributed by atoms with van der Waals surface area (Å²) in [5.74, 6) is 0.820. The molecule has 4 nitrogen and oxygen atoms in total. The van der Waals surface area contributed by atoms with Crippen LogP contribution in [-0.4, -0.2) is 54.5 Å². The summed E-state index contributed by atoms with van der Waals surface area (Å²) in [6.45, 7) is 5.05. The molecule has 2 fully saturated rings. The standard InChI is InChI=1S/C13H25N3O/c1-10(14)13(17)16(12-3-4-12)9-11-5-7-15(2)8-6-11/h10-12H,3-9,14H2,1-2H3/t10-/m0/s1. The number of carbonyl (C=O) groups is 1. The Morgan fingerprint density at radius 3 is 2.41 bits per heavy atom. The van der Waals surface area contributed by atoms with Crippen molar-refractivity contribution in [2.45, 2.75) is 44.7 Å². The Bertz CT molecular complexity index is 268. The fraction of sp³-hybridized carbons (Fsp3) is 0.923. The number of nitrogens with zero attached hydrogens (tertiary/aromatic N) is 2. The molecule has 1 amide bonds. The number of hydrogen-bond donors (Lipinski definition) is 1. The molecule has 1 saturated heterocycles. The average Bonchev–Trinajstić information content (AvgIpc) is 3.11. The molecule has 0 bridgehead atoms. The zero-order chi connectivity index (χ0) is 12.4. The van der Waals surface area contributed by atoms with Crippen LogP contribution in [0.1, 0.15) is 32.6 Å². The van der Waals surface area contributed by atoms with Gasteiger partial charge in [-0.3, -0.25) is 4.79 Å². The first-order valence-corrected chi connectivity index (χ1v) is 6.82. The van der Waals surface area contributed by atoms with Crippen molar-refractivity contribution in [2.75, 3.05) is 26.7 Å². The largest absolute Gasteiger partial charge is 0.338 e. The number of nitrogens with two attached hydrogens (primary N) is 1. The quantitative estimate of drug-likeness (QED) is 0.784. The molecule has 0 aromatic carbocycles. The van der Waals surface area contributed by atoms with E-state index in [1.165, 1.54) is 25.7 Å². The molecule has 0 aromatic rings. The molecule has 98 valence electrons. The van der Waals surface area contributed by atoms with Crippen molar-refractivity contribution in [3.05, 3.63) is 0 Å². The lowest BCUT2D eigenvalue weighted by Gasteiger charge is -2.34. The lowest BCUT2D eigenvalue weighted by molar-refractivity contribution is -0.133. The first kappa shape index (κ1) is 12.8. The van der Waals surface area contributed by atoms with Crippen LogP contribution in [0.25, 0.3) is 0 Å². The molecular formula is C13H25N3O. The number of amides is 1. The average molecular weight is 239 g/mol. The molecule has 1 saturated carbocycles. The third-order valence-corrected chi connectivity index (χ3v) is 3.95. The topological polar surface area (TPSA) is 49.6 Å². The molecule has 2 aliphatic rings. The van der Waals surface area contributed by atoms with Crippen molar-refractivity contribution in [3.8, 4) is 0 Å². The maximum absolute atomic E-state index is 12.1. The van der Waals surface area contributed by atoms with E-state index >= 15 is 0 Å². The highest BCUT2D eigenvalue weighted by Crippen LogP contribution is 2.29. The summed E-state index contributed by atoms with van der Waals surface area (Å²) >= 11 is 0. The Morgan fingerprint density at radius 1 is 1.35 bits per heavy atom. The van der Waals surface area contributed by atoms with Gasteiger partial charge in [0.05, 0.1) is 6.04 Å². The smallest absolute Gasteiger partial charge is 0.239 e. The molecule has 17 heavy (non-hydrogen) atoms. The summed E-state index contributed by atoms with van der Waals surface area (Å²) in [7, 11) is 2.17. The number of carbonyl (C=O) groups excluding carboxylic acids is 1. The fourth-order valence-electron chi connectivity index (χ4n) is 2.59. The summed E-state index contributed by atoms with van der Waals surface area (Å²) in [5, 5.41) is 0. The normalized spacial score (nSPS) is 24.6. The van der Waals surface area contributed by atoms with E-state index < -0.39 is 0 Å². The van der Waals surface area contributed by atoms with Gasteiger partial charge >= 0.3 is 0 Å². The Hall–Kier alpha value is -0.610. The molecule has 0 radical (unpaired) electrons.